The second-order valence-corrected chi connectivity index (χ2v) is 4.48. The molecule has 0 saturated heterocycles. The molecule has 0 aliphatic rings. The van der Waals surface area contributed by atoms with Crippen LogP contribution in [0.4, 0.5) is 0 Å². The molecule has 3 heteroatoms. The number of carboxylic acid groups (broad SMARTS) is 1. The average Bonchev–Trinajstić information content (AvgIpc) is 2.40. The molecule has 1 aromatic rings. The van der Waals surface area contributed by atoms with E-state index >= 15 is 0 Å². The Bertz CT molecular complexity index is 353. The van der Waals surface area contributed by atoms with Crippen molar-refractivity contribution in [3.8, 4) is 0 Å². The van der Waals surface area contributed by atoms with Crippen LogP contribution in [0, 0.1) is 19.8 Å². The van der Waals surface area contributed by atoms with Crippen LogP contribution >= 0.6 is 0 Å². The van der Waals surface area contributed by atoms with E-state index in [-0.39, 0.29) is 12.3 Å². The summed E-state index contributed by atoms with van der Waals surface area (Å²) in [5.41, 5.74) is 3.33. The summed E-state index contributed by atoms with van der Waals surface area (Å²) in [6.45, 7) is 8.12. The zero-order valence-corrected chi connectivity index (χ0v) is 9.79. The first kappa shape index (κ1) is 11.8. The van der Waals surface area contributed by atoms with Crippen LogP contribution in [0.3, 0.4) is 0 Å². The summed E-state index contributed by atoms with van der Waals surface area (Å²) in [6, 6.07) is 2.06. The molecule has 0 aliphatic heterocycles. The van der Waals surface area contributed by atoms with Gasteiger partial charge in [-0.25, -0.2) is 0 Å². The van der Waals surface area contributed by atoms with Gasteiger partial charge >= 0.3 is 5.97 Å². The Morgan fingerprint density at radius 3 is 2.40 bits per heavy atom. The van der Waals surface area contributed by atoms with Crippen molar-refractivity contribution in [2.75, 3.05) is 0 Å². The van der Waals surface area contributed by atoms with Gasteiger partial charge in [0.1, 0.15) is 0 Å². The molecular formula is C12H19NO2. The van der Waals surface area contributed by atoms with Gasteiger partial charge < -0.3 is 10.1 Å². The van der Waals surface area contributed by atoms with Gasteiger partial charge in [-0.15, -0.1) is 0 Å². The number of carboxylic acids is 1. The molecular weight excluding hydrogens is 190 g/mol. The highest BCUT2D eigenvalue weighted by Gasteiger charge is 2.21. The number of H-pyrrole nitrogens is 1. The first-order valence-corrected chi connectivity index (χ1v) is 5.29. The van der Waals surface area contributed by atoms with Crippen molar-refractivity contribution in [3.63, 3.8) is 0 Å². The van der Waals surface area contributed by atoms with E-state index in [4.69, 9.17) is 5.11 Å². The third-order valence-electron chi connectivity index (χ3n) is 2.79. The molecule has 15 heavy (non-hydrogen) atoms. The predicted molar refractivity (Wildman–Crippen MR) is 60.1 cm³/mol. The van der Waals surface area contributed by atoms with Gasteiger partial charge in [0.25, 0.3) is 0 Å². The Kier molecular flexibility index (Phi) is 3.56. The highest BCUT2D eigenvalue weighted by atomic mass is 16.4. The highest BCUT2D eigenvalue weighted by Crippen LogP contribution is 2.30. The molecule has 1 heterocycles. The van der Waals surface area contributed by atoms with Crippen LogP contribution < -0.4 is 0 Å². The average molecular weight is 209 g/mol. The van der Waals surface area contributed by atoms with Crippen LogP contribution in [0.25, 0.3) is 0 Å². The minimum atomic E-state index is -0.730. The first-order valence-electron chi connectivity index (χ1n) is 5.29. The Labute approximate surface area is 90.5 Å². The Morgan fingerprint density at radius 1 is 1.47 bits per heavy atom. The zero-order valence-electron chi connectivity index (χ0n) is 9.79. The maximum absolute atomic E-state index is 10.8. The Morgan fingerprint density at radius 2 is 2.07 bits per heavy atom. The van der Waals surface area contributed by atoms with Gasteiger partial charge in [0, 0.05) is 11.4 Å². The van der Waals surface area contributed by atoms with E-state index in [1.54, 1.807) is 0 Å². The van der Waals surface area contributed by atoms with Gasteiger partial charge in [-0.05, 0) is 37.3 Å². The molecule has 0 aromatic carbocycles. The van der Waals surface area contributed by atoms with Crippen molar-refractivity contribution in [1.82, 2.24) is 4.98 Å². The van der Waals surface area contributed by atoms with Crippen LogP contribution in [-0.2, 0) is 4.79 Å². The summed E-state index contributed by atoms with van der Waals surface area (Å²) in [4.78, 5) is 14.0. The molecule has 0 amide bonds. The van der Waals surface area contributed by atoms with Gasteiger partial charge in [0.2, 0.25) is 0 Å². The van der Waals surface area contributed by atoms with E-state index < -0.39 is 5.97 Å². The van der Waals surface area contributed by atoms with E-state index in [1.165, 1.54) is 0 Å². The Hall–Kier alpha value is -1.25. The van der Waals surface area contributed by atoms with Crippen LogP contribution in [0.2, 0.25) is 0 Å². The quantitative estimate of drug-likeness (QED) is 0.801. The Balaban J connectivity index is 2.98. The van der Waals surface area contributed by atoms with Crippen LogP contribution in [0.1, 0.15) is 43.1 Å². The summed E-state index contributed by atoms with van der Waals surface area (Å²) < 4.78 is 0. The second-order valence-electron chi connectivity index (χ2n) is 4.48. The standard InChI is InChI=1S/C12H19NO2/c1-7(2)10(6-12(14)15)11-5-8(3)13-9(11)4/h5,7,10,13H,6H2,1-4H3,(H,14,15). The number of hydrogen-bond acceptors (Lipinski definition) is 1. The van der Waals surface area contributed by atoms with Crippen LogP contribution in [0.15, 0.2) is 6.07 Å². The molecule has 1 aromatic heterocycles. The molecule has 0 fully saturated rings. The maximum atomic E-state index is 10.8. The zero-order chi connectivity index (χ0) is 11.6. The highest BCUT2D eigenvalue weighted by molar-refractivity contribution is 5.68. The fraction of sp³-hybridized carbons (Fsp3) is 0.583. The summed E-state index contributed by atoms with van der Waals surface area (Å²) in [6.07, 6.45) is 0.204. The lowest BCUT2D eigenvalue weighted by Gasteiger charge is -2.18. The number of rotatable bonds is 4. The normalized spacial score (nSPS) is 13.1. The largest absolute Gasteiger partial charge is 0.481 e. The summed E-state index contributed by atoms with van der Waals surface area (Å²) in [5, 5.41) is 8.88. The van der Waals surface area contributed by atoms with Gasteiger partial charge in [-0.2, -0.15) is 0 Å². The van der Waals surface area contributed by atoms with Crippen molar-refractivity contribution in [2.45, 2.75) is 40.0 Å². The van der Waals surface area contributed by atoms with Gasteiger partial charge in [0.15, 0.2) is 0 Å². The smallest absolute Gasteiger partial charge is 0.303 e. The second kappa shape index (κ2) is 4.51. The minimum absolute atomic E-state index is 0.104. The number of aromatic amines is 1. The molecule has 1 atom stereocenters. The van der Waals surface area contributed by atoms with Crippen molar-refractivity contribution < 1.29 is 9.90 Å². The van der Waals surface area contributed by atoms with E-state index in [1.807, 2.05) is 13.8 Å². The topological polar surface area (TPSA) is 53.1 Å². The van der Waals surface area contributed by atoms with Crippen molar-refractivity contribution in [3.05, 3.63) is 23.0 Å². The van der Waals surface area contributed by atoms with E-state index in [0.29, 0.717) is 5.92 Å². The molecule has 84 valence electrons. The van der Waals surface area contributed by atoms with Crippen LogP contribution in [0.5, 0.6) is 0 Å². The molecule has 2 N–H and O–H groups in total. The van der Waals surface area contributed by atoms with E-state index in [2.05, 4.69) is 24.9 Å². The molecule has 0 spiro atoms. The fourth-order valence-electron chi connectivity index (χ4n) is 2.02. The molecule has 0 bridgehead atoms. The minimum Gasteiger partial charge on any atom is -0.481 e. The lowest BCUT2D eigenvalue weighted by Crippen LogP contribution is -2.12. The van der Waals surface area contributed by atoms with Crippen molar-refractivity contribution in [1.29, 1.82) is 0 Å². The van der Waals surface area contributed by atoms with Gasteiger partial charge in [-0.1, -0.05) is 13.8 Å². The number of nitrogens with one attached hydrogen (secondary N) is 1. The molecule has 1 unspecified atom stereocenters. The van der Waals surface area contributed by atoms with Crippen molar-refractivity contribution >= 4 is 5.97 Å². The third kappa shape index (κ3) is 2.85. The maximum Gasteiger partial charge on any atom is 0.303 e. The lowest BCUT2D eigenvalue weighted by molar-refractivity contribution is -0.137. The third-order valence-corrected chi connectivity index (χ3v) is 2.79. The van der Waals surface area contributed by atoms with Crippen LogP contribution in [-0.4, -0.2) is 16.1 Å². The molecule has 0 saturated carbocycles. The SMILES string of the molecule is Cc1cc(C(CC(=O)O)C(C)C)c(C)[nH]1. The molecule has 0 aliphatic carbocycles. The first-order chi connectivity index (χ1) is 6.91. The summed E-state index contributed by atoms with van der Waals surface area (Å²) in [7, 11) is 0. The van der Waals surface area contributed by atoms with Gasteiger partial charge in [-0.3, -0.25) is 4.79 Å². The number of aromatic nitrogens is 1. The summed E-state index contributed by atoms with van der Waals surface area (Å²) >= 11 is 0. The van der Waals surface area contributed by atoms with Gasteiger partial charge in [0.05, 0.1) is 6.42 Å². The fourth-order valence-corrected chi connectivity index (χ4v) is 2.02. The van der Waals surface area contributed by atoms with Crippen molar-refractivity contribution in [2.24, 2.45) is 5.92 Å². The molecule has 1 rings (SSSR count). The number of aliphatic carboxylic acids is 1. The number of aryl methyl sites for hydroxylation is 2. The lowest BCUT2D eigenvalue weighted by atomic mass is 9.86. The monoisotopic (exact) mass is 209 g/mol. The molecule has 0 radical (unpaired) electrons. The number of carbonyl (C=O) groups is 1. The van der Waals surface area contributed by atoms with E-state index in [0.717, 1.165) is 17.0 Å². The molecule has 3 nitrogen and oxygen atoms in total. The predicted octanol–water partition coefficient (Wildman–Crippen LogP) is 2.85. The van der Waals surface area contributed by atoms with E-state index in [9.17, 15) is 4.79 Å². The summed E-state index contributed by atoms with van der Waals surface area (Å²) in [5.74, 6) is -0.283. The number of hydrogen-bond donors (Lipinski definition) is 2.